The van der Waals surface area contributed by atoms with Gasteiger partial charge in [-0.05, 0) is 45.5 Å². The molecule has 0 saturated heterocycles. The molecule has 0 aliphatic carbocycles. The van der Waals surface area contributed by atoms with Gasteiger partial charge in [-0.2, -0.15) is 16.8 Å². The molecular formula is C28H22O6S2. The minimum Gasteiger partial charge on any atom is -0.282 e. The van der Waals surface area contributed by atoms with E-state index in [0.717, 1.165) is 22.3 Å². The van der Waals surface area contributed by atoms with Gasteiger partial charge in [0.25, 0.3) is 20.2 Å². The summed E-state index contributed by atoms with van der Waals surface area (Å²) in [6, 6.07) is 27.4. The first-order valence-corrected chi connectivity index (χ1v) is 13.7. The Labute approximate surface area is 210 Å². The molecular weight excluding hydrogens is 496 g/mol. The van der Waals surface area contributed by atoms with Gasteiger partial charge in [-0.3, -0.25) is 9.11 Å². The van der Waals surface area contributed by atoms with Crippen molar-refractivity contribution in [2.75, 3.05) is 0 Å². The summed E-state index contributed by atoms with van der Waals surface area (Å²) < 4.78 is 66.0. The van der Waals surface area contributed by atoms with E-state index in [-0.39, 0.29) is 9.79 Å². The van der Waals surface area contributed by atoms with Gasteiger partial charge in [0, 0.05) is 0 Å². The number of hydrogen-bond acceptors (Lipinski definition) is 4. The summed E-state index contributed by atoms with van der Waals surface area (Å²) in [5, 5.41) is 0. The molecule has 0 amide bonds. The van der Waals surface area contributed by atoms with Gasteiger partial charge in [-0.1, -0.05) is 109 Å². The summed E-state index contributed by atoms with van der Waals surface area (Å²) in [5.74, 6) is 0. The van der Waals surface area contributed by atoms with E-state index >= 15 is 0 Å². The molecule has 8 heteroatoms. The third-order valence-corrected chi connectivity index (χ3v) is 7.35. The summed E-state index contributed by atoms with van der Waals surface area (Å²) in [6.07, 6.45) is 6.80. The van der Waals surface area contributed by atoms with Crippen LogP contribution in [-0.4, -0.2) is 25.9 Å². The molecule has 182 valence electrons. The molecule has 36 heavy (non-hydrogen) atoms. The van der Waals surface area contributed by atoms with Crippen LogP contribution in [0.2, 0.25) is 0 Å². The smallest absolute Gasteiger partial charge is 0.282 e. The third-order valence-electron chi connectivity index (χ3n) is 5.49. The summed E-state index contributed by atoms with van der Waals surface area (Å²) >= 11 is 0. The highest BCUT2D eigenvalue weighted by atomic mass is 32.2. The van der Waals surface area contributed by atoms with Crippen molar-refractivity contribution in [2.45, 2.75) is 9.79 Å². The molecule has 0 saturated carbocycles. The van der Waals surface area contributed by atoms with Crippen LogP contribution in [0.3, 0.4) is 0 Å². The Morgan fingerprint density at radius 2 is 0.694 bits per heavy atom. The van der Waals surface area contributed by atoms with E-state index in [1.807, 2.05) is 48.5 Å². The molecule has 6 nitrogen and oxygen atoms in total. The second-order valence-corrected chi connectivity index (χ2v) is 10.6. The van der Waals surface area contributed by atoms with Gasteiger partial charge in [0.05, 0.1) is 0 Å². The third kappa shape index (κ3) is 5.87. The lowest BCUT2D eigenvalue weighted by atomic mass is 9.94. The van der Waals surface area contributed by atoms with E-state index < -0.39 is 20.2 Å². The largest absolute Gasteiger partial charge is 0.295 e. The van der Waals surface area contributed by atoms with E-state index in [4.69, 9.17) is 0 Å². The maximum absolute atomic E-state index is 11.7. The van der Waals surface area contributed by atoms with Crippen molar-refractivity contribution in [3.8, 4) is 11.1 Å². The van der Waals surface area contributed by atoms with Crippen LogP contribution in [0.1, 0.15) is 22.3 Å². The van der Waals surface area contributed by atoms with Crippen LogP contribution in [0.4, 0.5) is 0 Å². The lowest BCUT2D eigenvalue weighted by molar-refractivity contribution is 0.480. The van der Waals surface area contributed by atoms with Crippen LogP contribution in [0.15, 0.2) is 107 Å². The molecule has 0 fully saturated rings. The second-order valence-electron chi connectivity index (χ2n) is 7.87. The van der Waals surface area contributed by atoms with Crippen molar-refractivity contribution >= 4 is 44.5 Å². The molecule has 0 aliphatic heterocycles. The van der Waals surface area contributed by atoms with Crippen LogP contribution in [0.25, 0.3) is 35.4 Å². The average molecular weight is 519 g/mol. The minimum absolute atomic E-state index is 0.181. The predicted octanol–water partition coefficient (Wildman–Crippen LogP) is 6.19. The monoisotopic (exact) mass is 518 g/mol. The zero-order valence-corrected chi connectivity index (χ0v) is 20.5. The van der Waals surface area contributed by atoms with Crippen molar-refractivity contribution in [1.29, 1.82) is 0 Å². The standard InChI is InChI=1S/C28H22O6S2/c29-35(30,31)27-15-7-3-11-23(27)19-17-21-9-1-5-13-25(21)26-14-6-2-10-22(26)18-20-24-12-4-8-16-28(24)36(32,33)34/h1-20H,(H,29,30,31)(H,32,33,34)/b19-17+,20-18+. The second kappa shape index (κ2) is 10.4. The lowest BCUT2D eigenvalue weighted by Crippen LogP contribution is -2.00. The maximum atomic E-state index is 11.7. The van der Waals surface area contributed by atoms with E-state index in [2.05, 4.69) is 0 Å². The Bertz CT molecular complexity index is 1560. The summed E-state index contributed by atoms with van der Waals surface area (Å²) in [4.78, 5) is -0.362. The van der Waals surface area contributed by atoms with E-state index in [1.54, 1.807) is 48.6 Å². The molecule has 0 spiro atoms. The zero-order valence-electron chi connectivity index (χ0n) is 18.9. The van der Waals surface area contributed by atoms with Crippen molar-refractivity contribution in [1.82, 2.24) is 0 Å². The molecule has 4 aromatic rings. The average Bonchev–Trinajstić information content (AvgIpc) is 2.86. The van der Waals surface area contributed by atoms with Crippen LogP contribution in [-0.2, 0) is 20.2 Å². The maximum Gasteiger partial charge on any atom is 0.295 e. The Morgan fingerprint density at radius 1 is 0.417 bits per heavy atom. The summed E-state index contributed by atoms with van der Waals surface area (Å²) in [5.41, 5.74) is 4.04. The Balaban J connectivity index is 1.76. The van der Waals surface area contributed by atoms with Crippen molar-refractivity contribution < 1.29 is 25.9 Å². The van der Waals surface area contributed by atoms with Gasteiger partial charge < -0.3 is 0 Å². The van der Waals surface area contributed by atoms with Crippen LogP contribution in [0.5, 0.6) is 0 Å². The van der Waals surface area contributed by atoms with Gasteiger partial charge in [-0.25, -0.2) is 0 Å². The molecule has 0 aliphatic rings. The predicted molar refractivity (Wildman–Crippen MR) is 142 cm³/mol. The van der Waals surface area contributed by atoms with Gasteiger partial charge in [0.1, 0.15) is 9.79 Å². The molecule has 4 aromatic carbocycles. The first-order chi connectivity index (χ1) is 17.1. The van der Waals surface area contributed by atoms with Crippen molar-refractivity contribution in [3.05, 3.63) is 119 Å². The molecule has 4 rings (SSSR count). The molecule has 0 bridgehead atoms. The number of benzene rings is 4. The first-order valence-electron chi connectivity index (χ1n) is 10.8. The fraction of sp³-hybridized carbons (Fsp3) is 0. The summed E-state index contributed by atoms with van der Waals surface area (Å²) in [6.45, 7) is 0. The van der Waals surface area contributed by atoms with Gasteiger partial charge >= 0.3 is 0 Å². The van der Waals surface area contributed by atoms with Gasteiger partial charge in [-0.15, -0.1) is 0 Å². The Kier molecular flexibility index (Phi) is 7.32. The molecule has 2 N–H and O–H groups in total. The highest BCUT2D eigenvalue weighted by molar-refractivity contribution is 7.86. The first kappa shape index (κ1) is 25.3. The van der Waals surface area contributed by atoms with Crippen LogP contribution >= 0.6 is 0 Å². The highest BCUT2D eigenvalue weighted by Crippen LogP contribution is 2.30. The zero-order chi connectivity index (χ0) is 25.8. The van der Waals surface area contributed by atoms with E-state index in [9.17, 15) is 25.9 Å². The normalized spacial score (nSPS) is 12.4. The Hall–Kier alpha value is -3.82. The van der Waals surface area contributed by atoms with Crippen molar-refractivity contribution in [3.63, 3.8) is 0 Å². The molecule has 0 radical (unpaired) electrons. The molecule has 0 heterocycles. The number of rotatable bonds is 7. The lowest BCUT2D eigenvalue weighted by Gasteiger charge is -2.11. The van der Waals surface area contributed by atoms with Crippen LogP contribution < -0.4 is 0 Å². The number of hydrogen-bond donors (Lipinski definition) is 2. The van der Waals surface area contributed by atoms with E-state index in [0.29, 0.717) is 11.1 Å². The minimum atomic E-state index is -4.38. The summed E-state index contributed by atoms with van der Waals surface area (Å²) in [7, 11) is -8.75. The van der Waals surface area contributed by atoms with Gasteiger partial charge in [0.2, 0.25) is 0 Å². The van der Waals surface area contributed by atoms with Gasteiger partial charge in [0.15, 0.2) is 0 Å². The van der Waals surface area contributed by atoms with Crippen molar-refractivity contribution in [2.24, 2.45) is 0 Å². The van der Waals surface area contributed by atoms with Crippen LogP contribution in [0, 0.1) is 0 Å². The quantitative estimate of drug-likeness (QED) is 0.223. The van der Waals surface area contributed by atoms with E-state index in [1.165, 1.54) is 24.3 Å². The molecule has 0 atom stereocenters. The SMILES string of the molecule is O=S(=O)(O)c1ccccc1/C=C/c1ccccc1-c1ccccc1/C=C/c1ccccc1S(=O)(=O)O. The fourth-order valence-corrected chi connectivity index (χ4v) is 5.21. The highest BCUT2D eigenvalue weighted by Gasteiger charge is 2.14. The molecule has 0 aromatic heterocycles. The Morgan fingerprint density at radius 3 is 1.06 bits per heavy atom. The molecule has 0 unspecified atom stereocenters. The topological polar surface area (TPSA) is 109 Å². The fourth-order valence-electron chi connectivity index (χ4n) is 3.84.